The van der Waals surface area contributed by atoms with Crippen LogP contribution in [0.2, 0.25) is 0 Å². The summed E-state index contributed by atoms with van der Waals surface area (Å²) < 4.78 is 11.2. The third-order valence-corrected chi connectivity index (χ3v) is 4.86. The molecule has 0 atom stereocenters. The number of fused-ring (bicyclic) bond motifs is 1. The molecule has 1 saturated heterocycles. The van der Waals surface area contributed by atoms with Crippen LogP contribution in [0.15, 0.2) is 42.6 Å². The smallest absolute Gasteiger partial charge is 0.255 e. The van der Waals surface area contributed by atoms with Gasteiger partial charge in [-0.1, -0.05) is 24.3 Å². The van der Waals surface area contributed by atoms with E-state index in [-0.39, 0.29) is 12.0 Å². The summed E-state index contributed by atoms with van der Waals surface area (Å²) in [4.78, 5) is 18.9. The number of aromatic nitrogens is 1. The summed E-state index contributed by atoms with van der Waals surface area (Å²) >= 11 is 0. The molecule has 25 heavy (non-hydrogen) atoms. The summed E-state index contributed by atoms with van der Waals surface area (Å²) in [7, 11) is 0. The lowest BCUT2D eigenvalue weighted by Gasteiger charge is -2.29. The molecule has 1 fully saturated rings. The van der Waals surface area contributed by atoms with Gasteiger partial charge in [-0.15, -0.1) is 0 Å². The van der Waals surface area contributed by atoms with Gasteiger partial charge in [0.25, 0.3) is 5.91 Å². The molecule has 1 aromatic heterocycles. The second-order valence-corrected chi connectivity index (χ2v) is 6.56. The molecule has 0 bridgehead atoms. The number of pyridine rings is 1. The van der Waals surface area contributed by atoms with Crippen LogP contribution in [0.1, 0.15) is 34.3 Å². The van der Waals surface area contributed by atoms with Gasteiger partial charge in [-0.25, -0.2) is 4.98 Å². The lowest BCUT2D eigenvalue weighted by Crippen LogP contribution is -2.36. The SMILES string of the molecule is O=C(c1ccc(OC2CCOCC2)nc1)N1CCc2ccccc2C1. The first-order valence-corrected chi connectivity index (χ1v) is 8.86. The molecule has 1 amide bonds. The van der Waals surface area contributed by atoms with Crippen molar-refractivity contribution in [2.75, 3.05) is 19.8 Å². The first-order chi connectivity index (χ1) is 12.3. The minimum Gasteiger partial charge on any atom is -0.474 e. The summed E-state index contributed by atoms with van der Waals surface area (Å²) in [6, 6.07) is 11.9. The molecule has 0 aliphatic carbocycles. The quantitative estimate of drug-likeness (QED) is 0.863. The van der Waals surface area contributed by atoms with Gasteiger partial charge in [0.05, 0.1) is 18.8 Å². The third-order valence-electron chi connectivity index (χ3n) is 4.86. The second-order valence-electron chi connectivity index (χ2n) is 6.56. The van der Waals surface area contributed by atoms with Crippen LogP contribution in [0.4, 0.5) is 0 Å². The zero-order chi connectivity index (χ0) is 17.1. The highest BCUT2D eigenvalue weighted by atomic mass is 16.5. The Bertz CT molecular complexity index is 739. The van der Waals surface area contributed by atoms with Crippen molar-refractivity contribution in [2.24, 2.45) is 0 Å². The van der Waals surface area contributed by atoms with Gasteiger partial charge in [-0.05, 0) is 23.6 Å². The largest absolute Gasteiger partial charge is 0.474 e. The number of carbonyl (C=O) groups excluding carboxylic acids is 1. The van der Waals surface area contributed by atoms with Crippen LogP contribution in [0.5, 0.6) is 5.88 Å². The number of hydrogen-bond acceptors (Lipinski definition) is 4. The topological polar surface area (TPSA) is 51.7 Å². The fourth-order valence-corrected chi connectivity index (χ4v) is 3.39. The van der Waals surface area contributed by atoms with Crippen molar-refractivity contribution in [3.05, 3.63) is 59.3 Å². The maximum absolute atomic E-state index is 12.7. The summed E-state index contributed by atoms with van der Waals surface area (Å²) in [5.41, 5.74) is 3.18. The van der Waals surface area contributed by atoms with Crippen LogP contribution >= 0.6 is 0 Å². The third kappa shape index (κ3) is 3.66. The highest BCUT2D eigenvalue weighted by Gasteiger charge is 2.22. The number of amides is 1. The number of benzene rings is 1. The van der Waals surface area contributed by atoms with E-state index in [2.05, 4.69) is 23.2 Å². The van der Waals surface area contributed by atoms with Gasteiger partial charge in [0.2, 0.25) is 5.88 Å². The standard InChI is InChI=1S/C20H22N2O3/c23-20(22-10-7-15-3-1-2-4-17(15)14-22)16-5-6-19(21-13-16)25-18-8-11-24-12-9-18/h1-6,13,18H,7-12,14H2. The van der Waals surface area contributed by atoms with Crippen LogP contribution in [0.3, 0.4) is 0 Å². The van der Waals surface area contributed by atoms with E-state index in [9.17, 15) is 4.79 Å². The van der Waals surface area contributed by atoms with E-state index in [4.69, 9.17) is 9.47 Å². The van der Waals surface area contributed by atoms with Crippen molar-refractivity contribution in [1.29, 1.82) is 0 Å². The first kappa shape index (κ1) is 16.1. The van der Waals surface area contributed by atoms with Crippen molar-refractivity contribution >= 4 is 5.91 Å². The van der Waals surface area contributed by atoms with Crippen LogP contribution in [-0.2, 0) is 17.7 Å². The molecule has 0 N–H and O–H groups in total. The molecule has 4 rings (SSSR count). The van der Waals surface area contributed by atoms with Crippen LogP contribution in [0, 0.1) is 0 Å². The molecule has 2 aromatic rings. The van der Waals surface area contributed by atoms with E-state index in [1.54, 1.807) is 12.3 Å². The van der Waals surface area contributed by atoms with Gasteiger partial charge >= 0.3 is 0 Å². The van der Waals surface area contributed by atoms with Crippen LogP contribution in [0.25, 0.3) is 0 Å². The average molecular weight is 338 g/mol. The lowest BCUT2D eigenvalue weighted by molar-refractivity contribution is 0.0237. The summed E-state index contributed by atoms with van der Waals surface area (Å²) in [6.07, 6.45) is 4.45. The molecule has 5 nitrogen and oxygen atoms in total. The van der Waals surface area contributed by atoms with E-state index in [0.717, 1.165) is 39.0 Å². The predicted octanol–water partition coefficient (Wildman–Crippen LogP) is 2.84. The van der Waals surface area contributed by atoms with Gasteiger partial charge in [0, 0.05) is 38.2 Å². The molecule has 2 aliphatic rings. The molecule has 0 radical (unpaired) electrons. The van der Waals surface area contributed by atoms with Crippen LogP contribution < -0.4 is 4.74 Å². The molecular weight excluding hydrogens is 316 g/mol. The number of hydrogen-bond donors (Lipinski definition) is 0. The summed E-state index contributed by atoms with van der Waals surface area (Å²) in [6.45, 7) is 2.88. The number of rotatable bonds is 3. The number of nitrogens with zero attached hydrogens (tertiary/aromatic N) is 2. The Morgan fingerprint density at radius 2 is 1.92 bits per heavy atom. The van der Waals surface area contributed by atoms with Crippen molar-refractivity contribution in [1.82, 2.24) is 9.88 Å². The first-order valence-electron chi connectivity index (χ1n) is 8.86. The van der Waals surface area contributed by atoms with E-state index >= 15 is 0 Å². The Morgan fingerprint density at radius 1 is 1.12 bits per heavy atom. The Hall–Kier alpha value is -2.40. The highest BCUT2D eigenvalue weighted by Crippen LogP contribution is 2.21. The maximum Gasteiger partial charge on any atom is 0.255 e. The van der Waals surface area contributed by atoms with E-state index in [1.807, 2.05) is 17.0 Å². The Balaban J connectivity index is 1.41. The minimum atomic E-state index is 0.0274. The van der Waals surface area contributed by atoms with Gasteiger partial charge in [-0.3, -0.25) is 4.79 Å². The number of carbonyl (C=O) groups is 1. The molecule has 130 valence electrons. The zero-order valence-corrected chi connectivity index (χ0v) is 14.2. The van der Waals surface area contributed by atoms with Crippen LogP contribution in [-0.4, -0.2) is 41.7 Å². The minimum absolute atomic E-state index is 0.0274. The fourth-order valence-electron chi connectivity index (χ4n) is 3.39. The molecule has 0 saturated carbocycles. The van der Waals surface area contributed by atoms with Crippen molar-refractivity contribution in [3.63, 3.8) is 0 Å². The van der Waals surface area contributed by atoms with Gasteiger partial charge in [-0.2, -0.15) is 0 Å². The fraction of sp³-hybridized carbons (Fsp3) is 0.400. The molecule has 2 aliphatic heterocycles. The molecule has 3 heterocycles. The monoisotopic (exact) mass is 338 g/mol. The van der Waals surface area contributed by atoms with Gasteiger partial charge in [0.1, 0.15) is 6.10 Å². The zero-order valence-electron chi connectivity index (χ0n) is 14.2. The second kappa shape index (κ2) is 7.23. The van der Waals surface area contributed by atoms with Crippen molar-refractivity contribution in [3.8, 4) is 5.88 Å². The highest BCUT2D eigenvalue weighted by molar-refractivity contribution is 5.94. The van der Waals surface area contributed by atoms with E-state index < -0.39 is 0 Å². The summed E-state index contributed by atoms with van der Waals surface area (Å²) in [5.74, 6) is 0.604. The lowest BCUT2D eigenvalue weighted by atomic mass is 9.99. The maximum atomic E-state index is 12.7. The van der Waals surface area contributed by atoms with Gasteiger partial charge in [0.15, 0.2) is 0 Å². The van der Waals surface area contributed by atoms with E-state index in [1.165, 1.54) is 11.1 Å². The predicted molar refractivity (Wildman–Crippen MR) is 93.6 cm³/mol. The number of ether oxygens (including phenoxy) is 2. The Labute approximate surface area is 147 Å². The Kier molecular flexibility index (Phi) is 4.65. The normalized spacial score (nSPS) is 17.8. The molecule has 5 heteroatoms. The van der Waals surface area contributed by atoms with Gasteiger partial charge < -0.3 is 14.4 Å². The van der Waals surface area contributed by atoms with Crippen molar-refractivity contribution in [2.45, 2.75) is 31.9 Å². The van der Waals surface area contributed by atoms with E-state index in [0.29, 0.717) is 18.0 Å². The Morgan fingerprint density at radius 3 is 2.68 bits per heavy atom. The molecule has 0 unspecified atom stereocenters. The summed E-state index contributed by atoms with van der Waals surface area (Å²) in [5, 5.41) is 0. The average Bonchev–Trinajstić information content (AvgIpc) is 2.68. The van der Waals surface area contributed by atoms with Crippen molar-refractivity contribution < 1.29 is 14.3 Å². The molecule has 1 aromatic carbocycles. The molecular formula is C20H22N2O3. The molecule has 0 spiro atoms.